The number of nitrogens with zero attached hydrogens (tertiary/aromatic N) is 1. The van der Waals surface area contributed by atoms with E-state index in [2.05, 4.69) is 18.7 Å². The highest BCUT2D eigenvalue weighted by atomic mass is 16.2. The highest BCUT2D eigenvalue weighted by Crippen LogP contribution is 2.37. The number of likely N-dealkylation sites (tertiary alicyclic amines) is 1. The van der Waals surface area contributed by atoms with Crippen molar-refractivity contribution in [2.45, 2.75) is 39.7 Å². The van der Waals surface area contributed by atoms with Gasteiger partial charge in [0.15, 0.2) is 0 Å². The minimum atomic E-state index is -0.255. The van der Waals surface area contributed by atoms with Gasteiger partial charge in [0.2, 0.25) is 5.91 Å². The fourth-order valence-corrected chi connectivity index (χ4v) is 3.35. The van der Waals surface area contributed by atoms with Crippen LogP contribution in [0, 0.1) is 5.41 Å². The van der Waals surface area contributed by atoms with Crippen molar-refractivity contribution in [2.75, 3.05) is 0 Å². The van der Waals surface area contributed by atoms with E-state index in [1.807, 2.05) is 63.2 Å². The standard InChI is InChI=1S/C23H25NO2/c1-16-14-20(24(22(16)26)21(25)15-23(2,3)4)19-12-10-18(11-13-19)17-8-6-5-7-9-17/h5-13,20H,1,14-15H2,2-4H3. The van der Waals surface area contributed by atoms with Gasteiger partial charge >= 0.3 is 0 Å². The van der Waals surface area contributed by atoms with Crippen molar-refractivity contribution in [3.8, 4) is 11.1 Å². The summed E-state index contributed by atoms with van der Waals surface area (Å²) in [6.45, 7) is 9.87. The van der Waals surface area contributed by atoms with Crippen LogP contribution in [0.5, 0.6) is 0 Å². The van der Waals surface area contributed by atoms with E-state index >= 15 is 0 Å². The summed E-state index contributed by atoms with van der Waals surface area (Å²) in [6.07, 6.45) is 0.837. The summed E-state index contributed by atoms with van der Waals surface area (Å²) in [5.74, 6) is -0.366. The molecule has 1 heterocycles. The molecule has 2 aromatic rings. The molecule has 1 aliphatic rings. The lowest BCUT2D eigenvalue weighted by molar-refractivity contribution is -0.144. The molecule has 3 nitrogen and oxygen atoms in total. The van der Waals surface area contributed by atoms with Gasteiger partial charge < -0.3 is 0 Å². The van der Waals surface area contributed by atoms with Crippen LogP contribution >= 0.6 is 0 Å². The minimum absolute atomic E-state index is 0.127. The lowest BCUT2D eigenvalue weighted by Crippen LogP contribution is -2.36. The van der Waals surface area contributed by atoms with Gasteiger partial charge in [0.05, 0.1) is 6.04 Å². The van der Waals surface area contributed by atoms with Gasteiger partial charge in [-0.15, -0.1) is 0 Å². The molecule has 1 aliphatic heterocycles. The summed E-state index contributed by atoms with van der Waals surface area (Å²) in [4.78, 5) is 26.7. The van der Waals surface area contributed by atoms with Crippen molar-refractivity contribution in [1.82, 2.24) is 4.90 Å². The molecule has 0 aromatic heterocycles. The third kappa shape index (κ3) is 3.77. The summed E-state index contributed by atoms with van der Waals surface area (Å²) in [5, 5.41) is 0. The number of amides is 2. The normalized spacial score (nSPS) is 17.7. The predicted molar refractivity (Wildman–Crippen MR) is 104 cm³/mol. The number of hydrogen-bond acceptors (Lipinski definition) is 2. The molecule has 1 atom stereocenters. The largest absolute Gasteiger partial charge is 0.274 e. The Hall–Kier alpha value is -2.68. The molecule has 134 valence electrons. The third-order valence-corrected chi connectivity index (χ3v) is 4.63. The molecule has 0 aliphatic carbocycles. The summed E-state index contributed by atoms with van der Waals surface area (Å²) >= 11 is 0. The van der Waals surface area contributed by atoms with Crippen LogP contribution < -0.4 is 0 Å². The van der Waals surface area contributed by atoms with Crippen LogP contribution in [0.15, 0.2) is 66.7 Å². The fraction of sp³-hybridized carbons (Fsp3) is 0.304. The Morgan fingerprint density at radius 2 is 1.62 bits per heavy atom. The Bertz CT molecular complexity index is 829. The quantitative estimate of drug-likeness (QED) is 0.720. The molecule has 1 unspecified atom stereocenters. The van der Waals surface area contributed by atoms with Crippen molar-refractivity contribution in [3.63, 3.8) is 0 Å². The molecular formula is C23H25NO2. The van der Waals surface area contributed by atoms with Crippen molar-refractivity contribution >= 4 is 11.8 Å². The minimum Gasteiger partial charge on any atom is -0.274 e. The van der Waals surface area contributed by atoms with Crippen LogP contribution in [0.3, 0.4) is 0 Å². The second kappa shape index (κ2) is 6.91. The number of carbonyl (C=O) groups excluding carboxylic acids is 2. The molecule has 3 heteroatoms. The first-order valence-corrected chi connectivity index (χ1v) is 8.96. The first kappa shape index (κ1) is 18.1. The molecule has 0 radical (unpaired) electrons. The summed E-state index contributed by atoms with van der Waals surface area (Å²) < 4.78 is 0. The van der Waals surface area contributed by atoms with Gasteiger partial charge in [0, 0.05) is 18.4 Å². The zero-order chi connectivity index (χ0) is 18.9. The molecule has 2 amide bonds. The summed E-state index contributed by atoms with van der Waals surface area (Å²) in [6, 6.07) is 18.0. The van der Waals surface area contributed by atoms with Gasteiger partial charge in [0.25, 0.3) is 5.91 Å². The monoisotopic (exact) mass is 347 g/mol. The van der Waals surface area contributed by atoms with E-state index in [1.54, 1.807) is 0 Å². The number of hydrogen-bond donors (Lipinski definition) is 0. The van der Waals surface area contributed by atoms with E-state index in [-0.39, 0.29) is 23.3 Å². The maximum Gasteiger partial charge on any atom is 0.256 e. The van der Waals surface area contributed by atoms with Crippen molar-refractivity contribution in [3.05, 3.63) is 72.3 Å². The third-order valence-electron chi connectivity index (χ3n) is 4.63. The zero-order valence-electron chi connectivity index (χ0n) is 15.7. The fourth-order valence-electron chi connectivity index (χ4n) is 3.35. The van der Waals surface area contributed by atoms with Gasteiger partial charge in [-0.05, 0) is 22.1 Å². The predicted octanol–water partition coefficient (Wildman–Crippen LogP) is 5.15. The van der Waals surface area contributed by atoms with E-state index < -0.39 is 0 Å². The van der Waals surface area contributed by atoms with Gasteiger partial charge in [-0.2, -0.15) is 0 Å². The highest BCUT2D eigenvalue weighted by molar-refractivity contribution is 6.06. The summed E-state index contributed by atoms with van der Waals surface area (Å²) in [7, 11) is 0. The maximum atomic E-state index is 12.8. The van der Waals surface area contributed by atoms with Crippen molar-refractivity contribution < 1.29 is 9.59 Å². The average Bonchev–Trinajstić information content (AvgIpc) is 2.90. The van der Waals surface area contributed by atoms with Crippen LogP contribution in [0.25, 0.3) is 11.1 Å². The second-order valence-corrected chi connectivity index (χ2v) is 8.12. The molecule has 0 saturated carbocycles. The van der Waals surface area contributed by atoms with E-state index in [0.29, 0.717) is 18.4 Å². The maximum absolute atomic E-state index is 12.8. The molecule has 3 rings (SSSR count). The Morgan fingerprint density at radius 1 is 1.04 bits per heavy atom. The zero-order valence-corrected chi connectivity index (χ0v) is 15.7. The van der Waals surface area contributed by atoms with Gasteiger partial charge in [0.1, 0.15) is 0 Å². The number of carbonyl (C=O) groups is 2. The first-order valence-electron chi connectivity index (χ1n) is 8.96. The van der Waals surface area contributed by atoms with Crippen LogP contribution in [0.1, 0.15) is 45.2 Å². The van der Waals surface area contributed by atoms with Crippen LogP contribution in [0.2, 0.25) is 0 Å². The molecule has 0 N–H and O–H groups in total. The second-order valence-electron chi connectivity index (χ2n) is 8.12. The first-order chi connectivity index (χ1) is 12.3. The molecule has 0 bridgehead atoms. The molecule has 2 aromatic carbocycles. The lowest BCUT2D eigenvalue weighted by Gasteiger charge is -2.26. The van der Waals surface area contributed by atoms with Gasteiger partial charge in [-0.1, -0.05) is 81.9 Å². The molecule has 0 spiro atoms. The Morgan fingerprint density at radius 3 is 2.19 bits per heavy atom. The Balaban J connectivity index is 1.87. The highest BCUT2D eigenvalue weighted by Gasteiger charge is 2.40. The van der Waals surface area contributed by atoms with Crippen LogP contribution in [0.4, 0.5) is 0 Å². The average molecular weight is 347 g/mol. The molecule has 1 saturated heterocycles. The van der Waals surface area contributed by atoms with Gasteiger partial charge in [-0.3, -0.25) is 14.5 Å². The Kier molecular flexibility index (Phi) is 4.82. The van der Waals surface area contributed by atoms with Crippen LogP contribution in [-0.4, -0.2) is 16.7 Å². The summed E-state index contributed by atoms with van der Waals surface area (Å²) in [5.41, 5.74) is 3.57. The van der Waals surface area contributed by atoms with E-state index in [1.165, 1.54) is 4.90 Å². The molecule has 26 heavy (non-hydrogen) atoms. The number of rotatable bonds is 3. The van der Waals surface area contributed by atoms with Crippen molar-refractivity contribution in [2.24, 2.45) is 5.41 Å². The van der Waals surface area contributed by atoms with Gasteiger partial charge in [-0.25, -0.2) is 0 Å². The topological polar surface area (TPSA) is 37.4 Å². The van der Waals surface area contributed by atoms with Crippen molar-refractivity contribution in [1.29, 1.82) is 0 Å². The molecular weight excluding hydrogens is 322 g/mol. The van der Waals surface area contributed by atoms with E-state index in [0.717, 1.165) is 16.7 Å². The van der Waals surface area contributed by atoms with E-state index in [4.69, 9.17) is 0 Å². The lowest BCUT2D eigenvalue weighted by atomic mass is 9.91. The van der Waals surface area contributed by atoms with Crippen LogP contribution in [-0.2, 0) is 9.59 Å². The number of imide groups is 1. The Labute approximate surface area is 155 Å². The smallest absolute Gasteiger partial charge is 0.256 e. The van der Waals surface area contributed by atoms with E-state index in [9.17, 15) is 9.59 Å². The SMILES string of the molecule is C=C1CC(c2ccc(-c3ccccc3)cc2)N(C(=O)CC(C)(C)C)C1=O. The molecule has 1 fully saturated rings. The number of benzene rings is 2.